The van der Waals surface area contributed by atoms with Crippen LogP contribution in [0.25, 0.3) is 0 Å². The normalized spacial score (nSPS) is 22.9. The first-order valence-corrected chi connectivity index (χ1v) is 5.55. The summed E-state index contributed by atoms with van der Waals surface area (Å²) in [6, 6.07) is 0. The zero-order valence-electron chi connectivity index (χ0n) is 10.1. The predicted octanol–water partition coefficient (Wildman–Crippen LogP) is 2.70. The van der Waals surface area contributed by atoms with Crippen molar-refractivity contribution in [2.24, 2.45) is 5.92 Å². The zero-order valence-corrected chi connectivity index (χ0v) is 10.1. The second-order valence-electron chi connectivity index (χ2n) is 3.14. The zero-order chi connectivity index (χ0) is 12.6. The van der Waals surface area contributed by atoms with E-state index < -0.39 is 5.92 Å². The Balaban J connectivity index is 0.00000106. The van der Waals surface area contributed by atoms with E-state index in [9.17, 15) is 9.59 Å². The lowest BCUT2D eigenvalue weighted by Gasteiger charge is -2.17. The molecule has 0 bridgehead atoms. The molecule has 0 aliphatic heterocycles. The highest BCUT2D eigenvalue weighted by Gasteiger charge is 2.30. The number of hydrogen-bond acceptors (Lipinski definition) is 2. The van der Waals surface area contributed by atoms with Crippen molar-refractivity contribution >= 4 is 11.6 Å². The number of ketones is 2. The Labute approximate surface area is 97.4 Å². The molecule has 1 aliphatic carbocycles. The van der Waals surface area contributed by atoms with E-state index in [1.165, 1.54) is 0 Å². The van der Waals surface area contributed by atoms with E-state index in [4.69, 9.17) is 6.42 Å². The summed E-state index contributed by atoms with van der Waals surface area (Å²) in [4.78, 5) is 22.8. The van der Waals surface area contributed by atoms with Crippen LogP contribution in [0.4, 0.5) is 0 Å². The van der Waals surface area contributed by atoms with E-state index in [0.717, 1.165) is 0 Å². The minimum atomic E-state index is -0.632. The lowest BCUT2D eigenvalue weighted by Crippen LogP contribution is -2.26. The highest BCUT2D eigenvalue weighted by atomic mass is 16.1. The molecule has 0 spiro atoms. The summed E-state index contributed by atoms with van der Waals surface area (Å²) in [7, 11) is 0. The van der Waals surface area contributed by atoms with Crippen LogP contribution >= 0.6 is 0 Å². The van der Waals surface area contributed by atoms with Gasteiger partial charge in [0.25, 0.3) is 0 Å². The van der Waals surface area contributed by atoms with Gasteiger partial charge in [0.2, 0.25) is 0 Å². The van der Waals surface area contributed by atoms with E-state index in [2.05, 4.69) is 5.92 Å². The molecule has 0 aromatic heterocycles. The smallest absolute Gasteiger partial charge is 0.161 e. The van der Waals surface area contributed by atoms with Crippen molar-refractivity contribution in [2.75, 3.05) is 0 Å². The lowest BCUT2D eigenvalue weighted by molar-refractivity contribution is -0.127. The van der Waals surface area contributed by atoms with Gasteiger partial charge in [0.05, 0.1) is 0 Å². The molecule has 1 aliphatic rings. The standard InChI is InChI=1S/C12H12O2.C2H6/c1-3-5-6-10-9(4-2)11(13)7-8-12(10)14;1-2/h2-3,5-6,9H,7-8H2,1H3;1-2H3/b5-3-,10-6+;. The number of rotatable bonds is 1. The Bertz CT molecular complexity index is 353. The summed E-state index contributed by atoms with van der Waals surface area (Å²) in [6.45, 7) is 5.84. The summed E-state index contributed by atoms with van der Waals surface area (Å²) in [5.41, 5.74) is 0.460. The van der Waals surface area contributed by atoms with Crippen molar-refractivity contribution in [1.29, 1.82) is 0 Å². The van der Waals surface area contributed by atoms with E-state index in [0.29, 0.717) is 12.0 Å². The average Bonchev–Trinajstić information content (AvgIpc) is 2.32. The minimum Gasteiger partial charge on any atom is -0.298 e. The van der Waals surface area contributed by atoms with Crippen LogP contribution in [-0.2, 0) is 9.59 Å². The molecule has 1 fully saturated rings. The first-order chi connectivity index (χ1) is 7.70. The van der Waals surface area contributed by atoms with E-state index in [1.54, 1.807) is 18.2 Å². The molecule has 0 saturated heterocycles. The number of carbonyl (C=O) groups is 2. The summed E-state index contributed by atoms with van der Waals surface area (Å²) in [6.07, 6.45) is 11.0. The van der Waals surface area contributed by atoms with Gasteiger partial charge in [-0.3, -0.25) is 9.59 Å². The van der Waals surface area contributed by atoms with Gasteiger partial charge in [-0.05, 0) is 6.92 Å². The molecule has 2 heteroatoms. The van der Waals surface area contributed by atoms with Gasteiger partial charge in [-0.2, -0.15) is 0 Å². The molecule has 1 saturated carbocycles. The third-order valence-electron chi connectivity index (χ3n) is 2.19. The number of hydrogen-bond donors (Lipinski definition) is 0. The van der Waals surface area contributed by atoms with Gasteiger partial charge in [0.1, 0.15) is 5.92 Å². The molecule has 16 heavy (non-hydrogen) atoms. The maximum absolute atomic E-state index is 11.5. The van der Waals surface area contributed by atoms with Crippen molar-refractivity contribution in [1.82, 2.24) is 0 Å². The molecule has 1 atom stereocenters. The minimum absolute atomic E-state index is 0.00866. The maximum atomic E-state index is 11.5. The van der Waals surface area contributed by atoms with E-state index in [-0.39, 0.29) is 18.0 Å². The van der Waals surface area contributed by atoms with Crippen LogP contribution < -0.4 is 0 Å². The Morgan fingerprint density at radius 1 is 1.31 bits per heavy atom. The van der Waals surface area contributed by atoms with Crippen LogP contribution in [0.2, 0.25) is 0 Å². The Morgan fingerprint density at radius 2 is 1.94 bits per heavy atom. The average molecular weight is 218 g/mol. The fraction of sp³-hybridized carbons (Fsp3) is 0.429. The second-order valence-corrected chi connectivity index (χ2v) is 3.14. The number of Topliss-reactive ketones (excluding diaryl/α,β-unsaturated/α-hetero) is 2. The highest BCUT2D eigenvalue weighted by molar-refractivity contribution is 6.08. The molecular formula is C14H18O2. The Morgan fingerprint density at radius 3 is 2.44 bits per heavy atom. The topological polar surface area (TPSA) is 34.1 Å². The molecule has 0 N–H and O–H groups in total. The van der Waals surface area contributed by atoms with Crippen LogP contribution in [0.5, 0.6) is 0 Å². The predicted molar refractivity (Wildman–Crippen MR) is 65.8 cm³/mol. The number of carbonyl (C=O) groups excluding carboxylic acids is 2. The van der Waals surface area contributed by atoms with Crippen LogP contribution in [0.3, 0.4) is 0 Å². The van der Waals surface area contributed by atoms with Gasteiger partial charge >= 0.3 is 0 Å². The molecule has 86 valence electrons. The molecular weight excluding hydrogens is 200 g/mol. The molecule has 2 nitrogen and oxygen atoms in total. The highest BCUT2D eigenvalue weighted by Crippen LogP contribution is 2.23. The Kier molecular flexibility index (Phi) is 6.87. The van der Waals surface area contributed by atoms with Gasteiger partial charge in [-0.25, -0.2) is 0 Å². The third kappa shape index (κ3) is 3.51. The summed E-state index contributed by atoms with van der Waals surface area (Å²) >= 11 is 0. The lowest BCUT2D eigenvalue weighted by atomic mass is 9.82. The fourth-order valence-electron chi connectivity index (χ4n) is 1.43. The fourth-order valence-corrected chi connectivity index (χ4v) is 1.43. The number of terminal acetylenes is 1. The maximum Gasteiger partial charge on any atom is 0.161 e. The summed E-state index contributed by atoms with van der Waals surface area (Å²) in [5, 5.41) is 0. The monoisotopic (exact) mass is 218 g/mol. The summed E-state index contributed by atoms with van der Waals surface area (Å²) in [5.74, 6) is 1.70. The van der Waals surface area contributed by atoms with Crippen molar-refractivity contribution in [3.8, 4) is 12.3 Å². The largest absolute Gasteiger partial charge is 0.298 e. The molecule has 1 rings (SSSR count). The third-order valence-corrected chi connectivity index (χ3v) is 2.19. The molecule has 0 aromatic rings. The number of allylic oxidation sites excluding steroid dienone is 4. The van der Waals surface area contributed by atoms with Crippen LogP contribution in [0.15, 0.2) is 23.8 Å². The molecule has 0 aromatic carbocycles. The SMILES string of the molecule is C#CC1C(=O)CCC(=O)/C1=C/C=C\C.CC. The van der Waals surface area contributed by atoms with Crippen molar-refractivity contribution < 1.29 is 9.59 Å². The van der Waals surface area contributed by atoms with Gasteiger partial charge in [0.15, 0.2) is 11.6 Å². The van der Waals surface area contributed by atoms with Gasteiger partial charge in [-0.1, -0.05) is 38.0 Å². The van der Waals surface area contributed by atoms with E-state index >= 15 is 0 Å². The molecule has 0 radical (unpaired) electrons. The second kappa shape index (κ2) is 7.64. The van der Waals surface area contributed by atoms with Gasteiger partial charge in [-0.15, -0.1) is 6.42 Å². The summed E-state index contributed by atoms with van der Waals surface area (Å²) < 4.78 is 0. The van der Waals surface area contributed by atoms with Crippen molar-refractivity contribution in [3.63, 3.8) is 0 Å². The van der Waals surface area contributed by atoms with Crippen LogP contribution in [0.1, 0.15) is 33.6 Å². The first kappa shape index (κ1) is 14.4. The van der Waals surface area contributed by atoms with Crippen molar-refractivity contribution in [3.05, 3.63) is 23.8 Å². The Hall–Kier alpha value is -1.62. The molecule has 1 unspecified atom stereocenters. The van der Waals surface area contributed by atoms with Gasteiger partial charge < -0.3 is 0 Å². The van der Waals surface area contributed by atoms with E-state index in [1.807, 2.05) is 20.8 Å². The van der Waals surface area contributed by atoms with Crippen LogP contribution in [-0.4, -0.2) is 11.6 Å². The quantitative estimate of drug-likeness (QED) is 0.501. The van der Waals surface area contributed by atoms with Crippen molar-refractivity contribution in [2.45, 2.75) is 33.6 Å². The van der Waals surface area contributed by atoms with Crippen LogP contribution in [0, 0.1) is 18.3 Å². The first-order valence-electron chi connectivity index (χ1n) is 5.55. The van der Waals surface area contributed by atoms with Gasteiger partial charge in [0, 0.05) is 18.4 Å². The molecule has 0 amide bonds. The molecule has 0 heterocycles.